The minimum Gasteiger partial charge on any atom is -0.497 e. The van der Waals surface area contributed by atoms with Crippen LogP contribution in [0.25, 0.3) is 0 Å². The highest BCUT2D eigenvalue weighted by Gasteiger charge is 2.28. The van der Waals surface area contributed by atoms with Crippen LogP contribution in [0.15, 0.2) is 41.3 Å². The summed E-state index contributed by atoms with van der Waals surface area (Å²) in [7, 11) is -0.927. The van der Waals surface area contributed by atoms with Gasteiger partial charge in [0.05, 0.1) is 19.2 Å². The first-order chi connectivity index (χ1) is 15.3. The number of hydrogen-bond acceptors (Lipinski definition) is 6. The summed E-state index contributed by atoms with van der Waals surface area (Å²) in [5.41, 5.74) is 4.81. The van der Waals surface area contributed by atoms with Gasteiger partial charge >= 0.3 is 0 Å². The zero-order valence-electron chi connectivity index (χ0n) is 17.7. The van der Waals surface area contributed by atoms with Gasteiger partial charge in [-0.3, -0.25) is 20.4 Å². The lowest BCUT2D eigenvalue weighted by molar-refractivity contribution is 0.0846. The van der Waals surface area contributed by atoms with E-state index in [1.807, 2.05) is 0 Å². The van der Waals surface area contributed by atoms with Crippen LogP contribution in [0, 0.1) is 0 Å². The predicted octanol–water partition coefficient (Wildman–Crippen LogP) is 2.61. The number of ether oxygens (including phenoxy) is 2. The summed E-state index contributed by atoms with van der Waals surface area (Å²) in [6, 6.07) is 8.51. The number of rotatable bonds is 6. The number of amides is 2. The molecule has 172 valence electrons. The number of methoxy groups -OCH3 is 2. The molecule has 2 amide bonds. The molecular weight excluding hydrogens is 458 g/mol. The normalized spacial score (nSPS) is 14.5. The van der Waals surface area contributed by atoms with Gasteiger partial charge in [-0.1, -0.05) is 18.0 Å². The lowest BCUT2D eigenvalue weighted by atomic mass is 10.2. The molecule has 0 spiro atoms. The Hall–Kier alpha value is -2.82. The first-order valence-corrected chi connectivity index (χ1v) is 11.7. The monoisotopic (exact) mass is 481 g/mol. The Bertz CT molecular complexity index is 1090. The van der Waals surface area contributed by atoms with Crippen molar-refractivity contribution in [2.24, 2.45) is 0 Å². The molecule has 0 radical (unpaired) electrons. The fraction of sp³-hybridized carbons (Fsp3) is 0.333. The summed E-state index contributed by atoms with van der Waals surface area (Å²) in [5.74, 6) is -0.483. The van der Waals surface area contributed by atoms with Crippen molar-refractivity contribution in [2.75, 3.05) is 27.3 Å². The maximum Gasteiger partial charge on any atom is 0.269 e. The smallest absolute Gasteiger partial charge is 0.269 e. The van der Waals surface area contributed by atoms with E-state index in [1.54, 1.807) is 6.07 Å². The molecule has 0 aliphatic carbocycles. The van der Waals surface area contributed by atoms with E-state index < -0.39 is 21.8 Å². The van der Waals surface area contributed by atoms with Gasteiger partial charge in [-0.05, 0) is 43.2 Å². The number of hydrazine groups is 1. The molecule has 2 aromatic rings. The molecular formula is C21H24ClN3O6S. The molecule has 1 aliphatic rings. The Morgan fingerprint density at radius 3 is 2.00 bits per heavy atom. The van der Waals surface area contributed by atoms with E-state index in [-0.39, 0.29) is 21.0 Å². The van der Waals surface area contributed by atoms with Crippen LogP contribution in [0.2, 0.25) is 5.02 Å². The topological polar surface area (TPSA) is 114 Å². The van der Waals surface area contributed by atoms with Crippen molar-refractivity contribution >= 4 is 33.4 Å². The van der Waals surface area contributed by atoms with Gasteiger partial charge in [-0.15, -0.1) is 0 Å². The van der Waals surface area contributed by atoms with Crippen LogP contribution in [0.3, 0.4) is 0 Å². The number of carbonyl (C=O) groups excluding carboxylic acids is 2. The van der Waals surface area contributed by atoms with Crippen molar-refractivity contribution in [3.05, 3.63) is 52.5 Å². The average Bonchev–Trinajstić information content (AvgIpc) is 2.82. The first kappa shape index (κ1) is 23.8. The molecule has 0 bridgehead atoms. The summed E-state index contributed by atoms with van der Waals surface area (Å²) in [6.07, 6.45) is 2.53. The van der Waals surface area contributed by atoms with Crippen molar-refractivity contribution in [1.29, 1.82) is 0 Å². The summed E-state index contributed by atoms with van der Waals surface area (Å²) in [4.78, 5) is 24.9. The van der Waals surface area contributed by atoms with Crippen LogP contribution < -0.4 is 20.3 Å². The number of nitrogens with zero attached hydrogens (tertiary/aromatic N) is 1. The summed E-state index contributed by atoms with van der Waals surface area (Å²) < 4.78 is 37.6. The number of benzene rings is 2. The van der Waals surface area contributed by atoms with Gasteiger partial charge in [0.25, 0.3) is 11.8 Å². The van der Waals surface area contributed by atoms with Gasteiger partial charge in [0, 0.05) is 30.3 Å². The number of nitrogens with one attached hydrogen (secondary N) is 2. The summed E-state index contributed by atoms with van der Waals surface area (Å²) in [5, 5.41) is 0.0274. The van der Waals surface area contributed by atoms with Crippen molar-refractivity contribution in [1.82, 2.24) is 15.2 Å². The highest BCUT2D eigenvalue weighted by atomic mass is 35.5. The van der Waals surface area contributed by atoms with Gasteiger partial charge in [0.15, 0.2) is 0 Å². The van der Waals surface area contributed by atoms with Crippen LogP contribution in [0.5, 0.6) is 11.5 Å². The maximum absolute atomic E-state index is 13.0. The van der Waals surface area contributed by atoms with E-state index in [0.717, 1.165) is 19.3 Å². The largest absolute Gasteiger partial charge is 0.497 e. The zero-order chi connectivity index (χ0) is 23.3. The van der Waals surface area contributed by atoms with Gasteiger partial charge in [0.1, 0.15) is 16.4 Å². The molecule has 1 heterocycles. The molecule has 0 saturated carbocycles. The first-order valence-electron chi connectivity index (χ1n) is 9.89. The molecule has 11 heteroatoms. The highest BCUT2D eigenvalue weighted by Crippen LogP contribution is 2.28. The third-order valence-electron chi connectivity index (χ3n) is 5.03. The van der Waals surface area contributed by atoms with Crippen molar-refractivity contribution in [2.45, 2.75) is 24.2 Å². The van der Waals surface area contributed by atoms with Gasteiger partial charge in [0.2, 0.25) is 10.0 Å². The van der Waals surface area contributed by atoms with Crippen LogP contribution in [-0.2, 0) is 10.0 Å². The van der Waals surface area contributed by atoms with E-state index in [1.165, 1.54) is 48.9 Å². The van der Waals surface area contributed by atoms with E-state index in [9.17, 15) is 18.0 Å². The molecule has 0 atom stereocenters. The second kappa shape index (κ2) is 10.2. The minimum atomic E-state index is -3.83. The minimum absolute atomic E-state index is 0.0274. The molecule has 2 aromatic carbocycles. The van der Waals surface area contributed by atoms with Crippen LogP contribution in [0.4, 0.5) is 0 Å². The van der Waals surface area contributed by atoms with E-state index in [0.29, 0.717) is 24.6 Å². The molecule has 2 N–H and O–H groups in total. The number of hydrogen-bond donors (Lipinski definition) is 2. The van der Waals surface area contributed by atoms with Crippen LogP contribution in [-0.4, -0.2) is 51.8 Å². The number of sulfonamides is 1. The van der Waals surface area contributed by atoms with E-state index >= 15 is 0 Å². The van der Waals surface area contributed by atoms with Crippen LogP contribution >= 0.6 is 11.6 Å². The van der Waals surface area contributed by atoms with E-state index in [4.69, 9.17) is 21.1 Å². The third-order valence-corrected chi connectivity index (χ3v) is 7.41. The number of piperidine rings is 1. The standard InChI is InChI=1S/C21H24ClN3O6S/c1-30-16-10-15(11-17(13-16)31-2)21(27)24-23-20(26)14-6-7-18(22)19(12-14)32(28,29)25-8-4-3-5-9-25/h6-7,10-13H,3-5,8-9H2,1-2H3,(H,23,26)(H,24,27). The van der Waals surface area contributed by atoms with Gasteiger partial charge in [-0.25, -0.2) is 8.42 Å². The Labute approximate surface area is 191 Å². The van der Waals surface area contributed by atoms with Crippen LogP contribution in [0.1, 0.15) is 40.0 Å². The zero-order valence-corrected chi connectivity index (χ0v) is 19.3. The van der Waals surface area contributed by atoms with Crippen molar-refractivity contribution in [3.8, 4) is 11.5 Å². The average molecular weight is 482 g/mol. The lowest BCUT2D eigenvalue weighted by Crippen LogP contribution is -2.41. The summed E-state index contributed by atoms with van der Waals surface area (Å²) >= 11 is 6.14. The summed E-state index contributed by atoms with van der Waals surface area (Å²) in [6.45, 7) is 0.824. The van der Waals surface area contributed by atoms with E-state index in [2.05, 4.69) is 10.9 Å². The highest BCUT2D eigenvalue weighted by molar-refractivity contribution is 7.89. The molecule has 9 nitrogen and oxygen atoms in total. The molecule has 1 saturated heterocycles. The molecule has 1 aliphatic heterocycles. The molecule has 0 unspecified atom stereocenters. The van der Waals surface area contributed by atoms with Gasteiger partial charge in [-0.2, -0.15) is 4.31 Å². The van der Waals surface area contributed by atoms with Gasteiger partial charge < -0.3 is 9.47 Å². The number of carbonyl (C=O) groups is 2. The predicted molar refractivity (Wildman–Crippen MR) is 119 cm³/mol. The van der Waals surface area contributed by atoms with Crippen molar-refractivity contribution < 1.29 is 27.5 Å². The SMILES string of the molecule is COc1cc(OC)cc(C(=O)NNC(=O)c2ccc(Cl)c(S(=O)(=O)N3CCCCC3)c2)c1. The Morgan fingerprint density at radius 2 is 1.44 bits per heavy atom. The molecule has 3 rings (SSSR count). The quantitative estimate of drug-likeness (QED) is 0.613. The Balaban J connectivity index is 1.75. The third kappa shape index (κ3) is 5.32. The number of halogens is 1. The fourth-order valence-corrected chi connectivity index (χ4v) is 5.30. The fourth-order valence-electron chi connectivity index (χ4n) is 3.28. The maximum atomic E-state index is 13.0. The second-order valence-corrected chi connectivity index (χ2v) is 9.43. The molecule has 0 aromatic heterocycles. The molecule has 1 fully saturated rings. The lowest BCUT2D eigenvalue weighted by Gasteiger charge is -2.26. The second-order valence-electron chi connectivity index (χ2n) is 7.12. The van der Waals surface area contributed by atoms with Crippen molar-refractivity contribution in [3.63, 3.8) is 0 Å². The Kier molecular flexibility index (Phi) is 7.60. The Morgan fingerprint density at radius 1 is 0.875 bits per heavy atom. The molecule has 32 heavy (non-hydrogen) atoms.